The predicted molar refractivity (Wildman–Crippen MR) is 110 cm³/mol. The molecule has 0 spiro atoms. The van der Waals surface area contributed by atoms with E-state index in [0.29, 0.717) is 24.0 Å². The molecule has 0 aliphatic heterocycles. The molecule has 0 bridgehead atoms. The van der Waals surface area contributed by atoms with E-state index in [2.05, 4.69) is 25.3 Å². The van der Waals surface area contributed by atoms with Crippen LogP contribution in [0.3, 0.4) is 0 Å². The summed E-state index contributed by atoms with van der Waals surface area (Å²) >= 11 is 0. The fourth-order valence-electron chi connectivity index (χ4n) is 2.88. The molecule has 174 valence electrons. The monoisotopic (exact) mass is 473 g/mol. The smallest absolute Gasteiger partial charge is 0.323 e. The number of aromatic nitrogens is 2. The molecule has 1 unspecified atom stereocenters. The van der Waals surface area contributed by atoms with Crippen LogP contribution in [0.25, 0.3) is 0 Å². The van der Waals surface area contributed by atoms with Gasteiger partial charge in [-0.15, -0.1) is 5.11 Å². The van der Waals surface area contributed by atoms with Crippen LogP contribution in [0.1, 0.15) is 16.8 Å². The van der Waals surface area contributed by atoms with Gasteiger partial charge in [0, 0.05) is 23.9 Å². The Morgan fingerprint density at radius 2 is 1.91 bits per heavy atom. The fourth-order valence-corrected chi connectivity index (χ4v) is 2.88. The van der Waals surface area contributed by atoms with Gasteiger partial charge in [0.15, 0.2) is 5.60 Å². The van der Waals surface area contributed by atoms with E-state index in [1.54, 1.807) is 0 Å². The second-order valence-corrected chi connectivity index (χ2v) is 6.72. The molecule has 1 aromatic carbocycles. The summed E-state index contributed by atoms with van der Waals surface area (Å²) < 4.78 is 64.2. The summed E-state index contributed by atoms with van der Waals surface area (Å²) in [4.78, 5) is 11.0. The number of benzene rings is 1. The third-order valence-corrected chi connectivity index (χ3v) is 4.56. The first-order chi connectivity index (χ1) is 16.2. The lowest BCUT2D eigenvalue weighted by atomic mass is 9.84. The number of aliphatic hydroxyl groups is 1. The molecule has 0 saturated carbocycles. The van der Waals surface area contributed by atoms with E-state index in [-0.39, 0.29) is 11.6 Å². The number of halogens is 4. The van der Waals surface area contributed by atoms with Crippen LogP contribution >= 0.6 is 0 Å². The van der Waals surface area contributed by atoms with Gasteiger partial charge in [0.25, 0.3) is 0 Å². The number of rotatable bonds is 8. The van der Waals surface area contributed by atoms with Crippen LogP contribution in [0.5, 0.6) is 11.6 Å². The van der Waals surface area contributed by atoms with Crippen LogP contribution < -0.4 is 10.6 Å². The molecule has 9 nitrogen and oxygen atoms in total. The largest absolute Gasteiger partial charge is 0.437 e. The Morgan fingerprint density at radius 1 is 1.12 bits per heavy atom. The van der Waals surface area contributed by atoms with Gasteiger partial charge in [-0.25, -0.2) is 13.8 Å². The Kier molecular flexibility index (Phi) is 7.12. The molecule has 2 aromatic heterocycles. The standard InChI is InChI=1S/C21H15F4N7O2/c22-14-2-4-16(17(23)7-14)20(33,11-28-12-31-32-27)21(24,25)18-5-3-15(10-29-18)34-19-6-1-13(8-26)9-30-19/h1-7,9-10,12,33H,11H2,(H2,27,28,31). The summed E-state index contributed by atoms with van der Waals surface area (Å²) in [5.41, 5.74) is -4.85. The normalized spacial score (nSPS) is 13.6. The fraction of sp³-hybridized carbons (Fsp3) is 0.143. The van der Waals surface area contributed by atoms with E-state index < -0.39 is 41.0 Å². The first kappa shape index (κ1) is 24.2. The van der Waals surface area contributed by atoms with E-state index >= 15 is 8.78 Å². The molecule has 0 fully saturated rings. The molecule has 0 aliphatic carbocycles. The van der Waals surface area contributed by atoms with Gasteiger partial charge >= 0.3 is 5.92 Å². The van der Waals surface area contributed by atoms with Crippen LogP contribution in [0.15, 0.2) is 70.2 Å². The van der Waals surface area contributed by atoms with E-state index in [1.807, 2.05) is 6.07 Å². The zero-order chi connectivity index (χ0) is 24.8. The number of nitrogens with zero attached hydrogens (tertiary/aromatic N) is 6. The quantitative estimate of drug-likeness (QED) is 0.127. The summed E-state index contributed by atoms with van der Waals surface area (Å²) in [6, 6.07) is 8.47. The first-order valence-corrected chi connectivity index (χ1v) is 9.36. The van der Waals surface area contributed by atoms with Gasteiger partial charge < -0.3 is 15.7 Å². The summed E-state index contributed by atoms with van der Waals surface area (Å²) in [5, 5.41) is 25.8. The highest BCUT2D eigenvalue weighted by molar-refractivity contribution is 5.54. The van der Waals surface area contributed by atoms with Crippen molar-refractivity contribution in [2.75, 3.05) is 6.54 Å². The molecule has 3 rings (SSSR count). The topological polar surface area (TPSA) is 142 Å². The van der Waals surface area contributed by atoms with Gasteiger partial charge in [0.1, 0.15) is 35.5 Å². The number of hydrogen-bond acceptors (Lipinski definition) is 7. The molecule has 1 atom stereocenters. The van der Waals surface area contributed by atoms with Crippen molar-refractivity contribution in [1.29, 1.82) is 5.26 Å². The Hall–Kier alpha value is -4.44. The lowest BCUT2D eigenvalue weighted by Gasteiger charge is -2.34. The summed E-state index contributed by atoms with van der Waals surface area (Å²) in [6.45, 7) is -1.09. The number of pyridine rings is 2. The molecule has 3 aromatic rings. The number of alkyl halides is 2. The molecule has 13 heteroatoms. The minimum absolute atomic E-state index is 0.0228. The zero-order valence-corrected chi connectivity index (χ0v) is 17.1. The number of nitrogens with two attached hydrogens (primary N) is 1. The Balaban J connectivity index is 1.95. The molecule has 3 N–H and O–H groups in total. The highest BCUT2D eigenvalue weighted by atomic mass is 19.3. The van der Waals surface area contributed by atoms with E-state index in [9.17, 15) is 13.9 Å². The maximum atomic E-state index is 15.5. The number of aliphatic imine (C=N–C) groups is 1. The van der Waals surface area contributed by atoms with Crippen LogP contribution in [-0.4, -0.2) is 28.0 Å². The number of ether oxygens (including phenoxy) is 1. The van der Waals surface area contributed by atoms with Gasteiger partial charge in [-0.3, -0.25) is 9.98 Å². The highest BCUT2D eigenvalue weighted by Crippen LogP contribution is 2.46. The van der Waals surface area contributed by atoms with Crippen molar-refractivity contribution >= 4 is 6.34 Å². The van der Waals surface area contributed by atoms with Crippen LogP contribution in [0, 0.1) is 23.0 Å². The SMILES string of the molecule is N#Cc1ccc(Oc2ccc(C(F)(F)C(O)(CN=CN=NN)c3ccc(F)cc3F)nc2)nc1. The minimum atomic E-state index is -4.21. The van der Waals surface area contributed by atoms with Crippen molar-refractivity contribution in [3.8, 4) is 17.7 Å². The molecule has 0 amide bonds. The molecular weight excluding hydrogens is 458 g/mol. The number of hydrogen-bond donors (Lipinski definition) is 2. The zero-order valence-electron chi connectivity index (χ0n) is 17.1. The van der Waals surface area contributed by atoms with Crippen molar-refractivity contribution in [1.82, 2.24) is 9.97 Å². The Morgan fingerprint density at radius 3 is 2.50 bits per heavy atom. The van der Waals surface area contributed by atoms with Crippen molar-refractivity contribution in [2.24, 2.45) is 21.2 Å². The van der Waals surface area contributed by atoms with Gasteiger partial charge in [0.05, 0.1) is 18.3 Å². The second-order valence-electron chi connectivity index (χ2n) is 6.72. The highest BCUT2D eigenvalue weighted by Gasteiger charge is 2.57. The Bertz CT molecular complexity index is 1250. The van der Waals surface area contributed by atoms with E-state index in [0.717, 1.165) is 24.4 Å². The maximum absolute atomic E-state index is 15.5. The van der Waals surface area contributed by atoms with Crippen molar-refractivity contribution < 1.29 is 27.4 Å². The van der Waals surface area contributed by atoms with Crippen LogP contribution in [-0.2, 0) is 11.5 Å². The predicted octanol–water partition coefficient (Wildman–Crippen LogP) is 3.75. The van der Waals surface area contributed by atoms with Crippen LogP contribution in [0.2, 0.25) is 0 Å². The maximum Gasteiger partial charge on any atom is 0.323 e. The lowest BCUT2D eigenvalue weighted by Crippen LogP contribution is -2.47. The van der Waals surface area contributed by atoms with Crippen LogP contribution in [0.4, 0.5) is 17.6 Å². The van der Waals surface area contributed by atoms with Gasteiger partial charge in [-0.05, 0) is 30.3 Å². The van der Waals surface area contributed by atoms with Crippen molar-refractivity contribution in [3.63, 3.8) is 0 Å². The summed E-state index contributed by atoms with van der Waals surface area (Å²) in [6.07, 6.45) is 2.89. The third-order valence-electron chi connectivity index (χ3n) is 4.56. The average molecular weight is 473 g/mol. The number of nitriles is 1. The molecule has 0 aliphatic rings. The van der Waals surface area contributed by atoms with Gasteiger partial charge in [-0.1, -0.05) is 5.22 Å². The third kappa shape index (κ3) is 4.97. The van der Waals surface area contributed by atoms with Gasteiger partial charge in [0.2, 0.25) is 5.88 Å². The van der Waals surface area contributed by atoms with E-state index in [4.69, 9.17) is 15.8 Å². The second kappa shape index (κ2) is 10.0. The van der Waals surface area contributed by atoms with Crippen molar-refractivity contribution in [2.45, 2.75) is 11.5 Å². The summed E-state index contributed by atoms with van der Waals surface area (Å²) in [5.74, 6) is -1.75. The molecule has 2 heterocycles. The summed E-state index contributed by atoms with van der Waals surface area (Å²) in [7, 11) is 0. The molecular formula is C21H15F4N7O2. The minimum Gasteiger partial charge on any atom is -0.437 e. The lowest BCUT2D eigenvalue weighted by molar-refractivity contribution is -0.193. The molecule has 0 radical (unpaired) electrons. The van der Waals surface area contributed by atoms with Gasteiger partial charge in [-0.2, -0.15) is 14.0 Å². The molecule has 34 heavy (non-hydrogen) atoms. The van der Waals surface area contributed by atoms with E-state index in [1.165, 1.54) is 18.3 Å². The Labute approximate surface area is 189 Å². The first-order valence-electron chi connectivity index (χ1n) is 9.36. The van der Waals surface area contributed by atoms with Crippen molar-refractivity contribution in [3.05, 3.63) is 83.3 Å². The average Bonchev–Trinajstić information content (AvgIpc) is 2.82. The molecule has 0 saturated heterocycles.